The van der Waals surface area contributed by atoms with E-state index in [1.165, 1.54) is 0 Å². The number of primary amides is 1. The number of rotatable bonds is 6. The number of benzene rings is 1. The van der Waals surface area contributed by atoms with Crippen LogP contribution in [-0.4, -0.2) is 21.7 Å². The minimum atomic E-state index is -0.398. The van der Waals surface area contributed by atoms with Crippen LogP contribution in [0.3, 0.4) is 0 Å². The Balaban J connectivity index is 1.96. The van der Waals surface area contributed by atoms with Gasteiger partial charge < -0.3 is 11.1 Å². The Morgan fingerprint density at radius 3 is 2.81 bits per heavy atom. The quantitative estimate of drug-likeness (QED) is 0.853. The summed E-state index contributed by atoms with van der Waals surface area (Å²) in [6.07, 6.45) is 3.90. The molecule has 1 aromatic heterocycles. The van der Waals surface area contributed by atoms with Crippen molar-refractivity contribution in [1.82, 2.24) is 15.1 Å². The Bertz CT molecular complexity index is 620. The summed E-state index contributed by atoms with van der Waals surface area (Å²) in [6, 6.07) is 7.88. The minimum Gasteiger partial charge on any atom is -0.366 e. The second-order valence-electron chi connectivity index (χ2n) is 5.47. The highest BCUT2D eigenvalue weighted by atomic mass is 16.1. The third-order valence-electron chi connectivity index (χ3n) is 3.71. The Labute approximate surface area is 125 Å². The molecule has 0 spiro atoms. The van der Waals surface area contributed by atoms with Crippen molar-refractivity contribution in [2.45, 2.75) is 39.4 Å². The highest BCUT2D eigenvalue weighted by Crippen LogP contribution is 2.12. The molecule has 0 fully saturated rings. The normalized spacial score (nSPS) is 13.9. The number of carbonyl (C=O) groups excluding carboxylic acids is 1. The standard InChI is InChI=1S/C16H22N4O/c1-11-8-19-20(10-11)13(3)12(2)18-9-14-5-4-6-15(7-14)16(17)21/h4-8,10,12-13,18H,9H2,1-3H3,(H2,17,21)/t12-,13+/m1/s1. The van der Waals surface area contributed by atoms with Crippen molar-refractivity contribution in [2.75, 3.05) is 0 Å². The van der Waals surface area contributed by atoms with Crippen molar-refractivity contribution in [3.63, 3.8) is 0 Å². The fraction of sp³-hybridized carbons (Fsp3) is 0.375. The molecule has 0 aliphatic heterocycles. The summed E-state index contributed by atoms with van der Waals surface area (Å²) in [5.41, 5.74) is 8.03. The number of nitrogens with zero attached hydrogens (tertiary/aromatic N) is 2. The first-order valence-corrected chi connectivity index (χ1v) is 7.10. The molecule has 0 unspecified atom stereocenters. The van der Waals surface area contributed by atoms with Gasteiger partial charge in [0.1, 0.15) is 0 Å². The first-order valence-electron chi connectivity index (χ1n) is 7.10. The predicted octanol–water partition coefficient (Wildman–Crippen LogP) is 2.03. The fourth-order valence-electron chi connectivity index (χ4n) is 2.17. The molecule has 0 aliphatic carbocycles. The summed E-state index contributed by atoms with van der Waals surface area (Å²) in [7, 11) is 0. The second kappa shape index (κ2) is 6.54. The molecule has 2 atom stereocenters. The maximum absolute atomic E-state index is 11.2. The number of carbonyl (C=O) groups is 1. The van der Waals surface area contributed by atoms with E-state index in [0.717, 1.165) is 11.1 Å². The Kier molecular flexibility index (Phi) is 4.75. The summed E-state index contributed by atoms with van der Waals surface area (Å²) >= 11 is 0. The summed E-state index contributed by atoms with van der Waals surface area (Å²) < 4.78 is 1.97. The van der Waals surface area contributed by atoms with E-state index in [9.17, 15) is 4.79 Å². The van der Waals surface area contributed by atoms with Gasteiger partial charge in [-0.3, -0.25) is 9.48 Å². The number of hydrogen-bond acceptors (Lipinski definition) is 3. The lowest BCUT2D eigenvalue weighted by Crippen LogP contribution is -2.33. The molecule has 5 nitrogen and oxygen atoms in total. The predicted molar refractivity (Wildman–Crippen MR) is 82.9 cm³/mol. The molecule has 1 amide bonds. The molecule has 1 aromatic carbocycles. The summed E-state index contributed by atoms with van der Waals surface area (Å²) in [6.45, 7) is 6.97. The van der Waals surface area contributed by atoms with E-state index >= 15 is 0 Å². The van der Waals surface area contributed by atoms with Gasteiger partial charge in [-0.2, -0.15) is 5.10 Å². The van der Waals surface area contributed by atoms with Crippen molar-refractivity contribution in [3.05, 3.63) is 53.3 Å². The molecular formula is C16H22N4O. The molecule has 0 saturated carbocycles. The van der Waals surface area contributed by atoms with Crippen LogP contribution in [0.5, 0.6) is 0 Å². The van der Waals surface area contributed by atoms with E-state index in [0.29, 0.717) is 12.1 Å². The molecule has 1 heterocycles. The van der Waals surface area contributed by atoms with Crippen LogP contribution < -0.4 is 11.1 Å². The van der Waals surface area contributed by atoms with Crippen LogP contribution in [0.25, 0.3) is 0 Å². The second-order valence-corrected chi connectivity index (χ2v) is 5.47. The van der Waals surface area contributed by atoms with Gasteiger partial charge in [0.05, 0.1) is 12.2 Å². The Morgan fingerprint density at radius 2 is 2.19 bits per heavy atom. The first kappa shape index (κ1) is 15.3. The average Bonchev–Trinajstić information content (AvgIpc) is 2.90. The van der Waals surface area contributed by atoms with Crippen molar-refractivity contribution in [3.8, 4) is 0 Å². The fourth-order valence-corrected chi connectivity index (χ4v) is 2.17. The van der Waals surface area contributed by atoms with Gasteiger partial charge in [-0.15, -0.1) is 0 Å². The Morgan fingerprint density at radius 1 is 1.43 bits per heavy atom. The van der Waals surface area contributed by atoms with Gasteiger partial charge >= 0.3 is 0 Å². The topological polar surface area (TPSA) is 72.9 Å². The van der Waals surface area contributed by atoms with Crippen LogP contribution in [0.15, 0.2) is 36.7 Å². The van der Waals surface area contributed by atoms with Gasteiger partial charge in [-0.25, -0.2) is 0 Å². The zero-order valence-electron chi connectivity index (χ0n) is 12.7. The van der Waals surface area contributed by atoms with Crippen LogP contribution in [-0.2, 0) is 6.54 Å². The molecule has 0 radical (unpaired) electrons. The lowest BCUT2D eigenvalue weighted by Gasteiger charge is -2.22. The van der Waals surface area contributed by atoms with Gasteiger partial charge in [0.2, 0.25) is 5.91 Å². The number of aromatic nitrogens is 2. The summed E-state index contributed by atoms with van der Waals surface area (Å²) in [5.74, 6) is -0.398. The molecular weight excluding hydrogens is 264 g/mol. The van der Waals surface area contributed by atoms with Crippen LogP contribution in [0, 0.1) is 6.92 Å². The third kappa shape index (κ3) is 3.92. The molecule has 0 aliphatic rings. The zero-order chi connectivity index (χ0) is 15.4. The number of aryl methyl sites for hydroxylation is 1. The van der Waals surface area contributed by atoms with Crippen LogP contribution in [0.2, 0.25) is 0 Å². The van der Waals surface area contributed by atoms with Crippen molar-refractivity contribution >= 4 is 5.91 Å². The summed E-state index contributed by atoms with van der Waals surface area (Å²) in [4.78, 5) is 11.2. The maximum atomic E-state index is 11.2. The van der Waals surface area contributed by atoms with Crippen LogP contribution in [0.4, 0.5) is 0 Å². The molecule has 3 N–H and O–H groups in total. The van der Waals surface area contributed by atoms with Crippen LogP contribution in [0.1, 0.15) is 41.4 Å². The smallest absolute Gasteiger partial charge is 0.248 e. The summed E-state index contributed by atoms with van der Waals surface area (Å²) in [5, 5.41) is 7.80. The number of hydrogen-bond donors (Lipinski definition) is 2. The van der Waals surface area contributed by atoms with Crippen molar-refractivity contribution < 1.29 is 4.79 Å². The lowest BCUT2D eigenvalue weighted by molar-refractivity contribution is 0.1000. The van der Waals surface area contributed by atoms with Crippen LogP contribution >= 0.6 is 0 Å². The van der Waals surface area contributed by atoms with Crippen molar-refractivity contribution in [2.24, 2.45) is 5.73 Å². The van der Waals surface area contributed by atoms with Crippen molar-refractivity contribution in [1.29, 1.82) is 0 Å². The van der Waals surface area contributed by atoms with E-state index in [1.54, 1.807) is 6.07 Å². The molecule has 2 rings (SSSR count). The highest BCUT2D eigenvalue weighted by Gasteiger charge is 2.14. The van der Waals surface area contributed by atoms with E-state index in [2.05, 4.69) is 24.3 Å². The van der Waals surface area contributed by atoms with Gasteiger partial charge in [0.25, 0.3) is 0 Å². The number of nitrogens with two attached hydrogens (primary N) is 1. The molecule has 112 valence electrons. The SMILES string of the molecule is Cc1cnn([C@@H](C)[C@@H](C)NCc2cccc(C(N)=O)c2)c1. The van der Waals surface area contributed by atoms with Gasteiger partial charge in [-0.05, 0) is 44.0 Å². The third-order valence-corrected chi connectivity index (χ3v) is 3.71. The Hall–Kier alpha value is -2.14. The van der Waals surface area contributed by atoms with Gasteiger partial charge in [0.15, 0.2) is 0 Å². The minimum absolute atomic E-state index is 0.248. The molecule has 5 heteroatoms. The maximum Gasteiger partial charge on any atom is 0.248 e. The highest BCUT2D eigenvalue weighted by molar-refractivity contribution is 5.92. The van der Waals surface area contributed by atoms with E-state index in [1.807, 2.05) is 42.2 Å². The molecule has 2 aromatic rings. The molecule has 0 bridgehead atoms. The van der Waals surface area contributed by atoms with E-state index < -0.39 is 5.91 Å². The monoisotopic (exact) mass is 286 g/mol. The van der Waals surface area contributed by atoms with E-state index in [-0.39, 0.29) is 12.1 Å². The molecule has 21 heavy (non-hydrogen) atoms. The van der Waals surface area contributed by atoms with E-state index in [4.69, 9.17) is 5.73 Å². The molecule has 0 saturated heterocycles. The lowest BCUT2D eigenvalue weighted by atomic mass is 10.1. The number of nitrogens with one attached hydrogen (secondary N) is 1. The van der Waals surface area contributed by atoms with Gasteiger partial charge in [0, 0.05) is 24.3 Å². The first-order chi connectivity index (χ1) is 9.97. The number of amides is 1. The largest absolute Gasteiger partial charge is 0.366 e. The zero-order valence-corrected chi connectivity index (χ0v) is 12.7. The van der Waals surface area contributed by atoms with Gasteiger partial charge in [-0.1, -0.05) is 12.1 Å². The average molecular weight is 286 g/mol.